The lowest BCUT2D eigenvalue weighted by atomic mass is 10.3. The van der Waals surface area contributed by atoms with Gasteiger partial charge in [0.05, 0.1) is 0 Å². The van der Waals surface area contributed by atoms with Gasteiger partial charge in [-0.25, -0.2) is 0 Å². The SMILES string of the molecule is ClC[Si-]1Oc2ccccc2O1. The number of hydrogen-bond acceptors (Lipinski definition) is 2. The quantitative estimate of drug-likeness (QED) is 0.490. The van der Waals surface area contributed by atoms with Crippen LogP contribution in [0.3, 0.4) is 0 Å². The van der Waals surface area contributed by atoms with Crippen LogP contribution in [-0.2, 0) is 0 Å². The molecule has 1 aliphatic rings. The van der Waals surface area contributed by atoms with E-state index < -0.39 is 9.28 Å². The number of benzene rings is 1. The molecule has 0 atom stereocenters. The lowest BCUT2D eigenvalue weighted by molar-refractivity contribution is 0.507. The Morgan fingerprint density at radius 1 is 1.18 bits per heavy atom. The van der Waals surface area contributed by atoms with Crippen LogP contribution in [0.15, 0.2) is 24.3 Å². The minimum absolute atomic E-state index is 0.458. The van der Waals surface area contributed by atoms with E-state index in [2.05, 4.69) is 0 Å². The van der Waals surface area contributed by atoms with Crippen molar-refractivity contribution in [3.8, 4) is 11.5 Å². The van der Waals surface area contributed by atoms with E-state index >= 15 is 0 Å². The second kappa shape index (κ2) is 2.75. The van der Waals surface area contributed by atoms with Gasteiger partial charge < -0.3 is 8.85 Å². The smallest absolute Gasteiger partial charge is 0.196 e. The van der Waals surface area contributed by atoms with E-state index in [1.165, 1.54) is 0 Å². The molecule has 0 bridgehead atoms. The van der Waals surface area contributed by atoms with Gasteiger partial charge in [-0.3, -0.25) is 0 Å². The molecule has 0 fully saturated rings. The van der Waals surface area contributed by atoms with E-state index in [4.69, 9.17) is 20.5 Å². The van der Waals surface area contributed by atoms with E-state index in [1.807, 2.05) is 24.3 Å². The molecular weight excluding hydrogens is 180 g/mol. The van der Waals surface area contributed by atoms with Crippen LogP contribution in [0.5, 0.6) is 11.5 Å². The molecule has 0 saturated carbocycles. The first-order valence-corrected chi connectivity index (χ1v) is 5.32. The number of alkyl halides is 1. The van der Waals surface area contributed by atoms with Gasteiger partial charge in [0.25, 0.3) is 0 Å². The first-order chi connectivity index (χ1) is 5.40. The summed E-state index contributed by atoms with van der Waals surface area (Å²) in [5, 5.41) is 0. The highest BCUT2D eigenvalue weighted by Gasteiger charge is 2.12. The number of halogens is 1. The highest BCUT2D eigenvalue weighted by molar-refractivity contribution is 6.58. The molecule has 1 aromatic rings. The third kappa shape index (κ3) is 1.21. The fourth-order valence-corrected chi connectivity index (χ4v) is 2.25. The van der Waals surface area contributed by atoms with Gasteiger partial charge in [0.15, 0.2) is 9.28 Å². The summed E-state index contributed by atoms with van der Waals surface area (Å²) in [5.74, 6) is 1.64. The van der Waals surface area contributed by atoms with Crippen molar-refractivity contribution in [1.29, 1.82) is 0 Å². The summed E-state index contributed by atoms with van der Waals surface area (Å²) >= 11 is 5.59. The third-order valence-corrected chi connectivity index (χ3v) is 3.17. The molecular formula is C7H6ClO2Si-. The van der Waals surface area contributed by atoms with Crippen LogP contribution in [0, 0.1) is 0 Å². The van der Waals surface area contributed by atoms with E-state index in [9.17, 15) is 0 Å². The van der Waals surface area contributed by atoms with Crippen molar-refractivity contribution < 1.29 is 8.85 Å². The average molecular weight is 186 g/mol. The van der Waals surface area contributed by atoms with Crippen LogP contribution in [-0.4, -0.2) is 14.8 Å². The van der Waals surface area contributed by atoms with Crippen LogP contribution >= 0.6 is 11.6 Å². The summed E-state index contributed by atoms with van der Waals surface area (Å²) in [5.41, 5.74) is 0.458. The standard InChI is InChI=1S/C7H6ClO2Si/c8-5-11-9-6-3-1-2-4-7(6)10-11/h1-4H,5H2/q-1. The molecule has 1 aliphatic heterocycles. The summed E-state index contributed by atoms with van der Waals surface area (Å²) in [7, 11) is -1.24. The number of fused-ring (bicyclic) bond motifs is 1. The summed E-state index contributed by atoms with van der Waals surface area (Å²) in [6.45, 7) is 0. The Morgan fingerprint density at radius 3 is 2.18 bits per heavy atom. The highest BCUT2D eigenvalue weighted by atomic mass is 35.5. The van der Waals surface area contributed by atoms with Crippen molar-refractivity contribution in [2.45, 2.75) is 0 Å². The summed E-state index contributed by atoms with van der Waals surface area (Å²) < 4.78 is 10.8. The fraction of sp³-hybridized carbons (Fsp3) is 0.143. The molecule has 0 radical (unpaired) electrons. The topological polar surface area (TPSA) is 18.5 Å². The van der Waals surface area contributed by atoms with Gasteiger partial charge in [0.1, 0.15) is 11.5 Å². The molecule has 1 heterocycles. The zero-order chi connectivity index (χ0) is 7.68. The number of para-hydroxylation sites is 2. The van der Waals surface area contributed by atoms with Gasteiger partial charge in [0.2, 0.25) is 0 Å². The van der Waals surface area contributed by atoms with Crippen LogP contribution in [0.1, 0.15) is 0 Å². The van der Waals surface area contributed by atoms with Crippen LogP contribution < -0.4 is 8.85 Å². The van der Waals surface area contributed by atoms with Crippen molar-refractivity contribution in [2.75, 3.05) is 5.50 Å². The molecule has 2 rings (SSSR count). The van der Waals surface area contributed by atoms with Gasteiger partial charge >= 0.3 is 0 Å². The molecule has 2 nitrogen and oxygen atoms in total. The Kier molecular flexibility index (Phi) is 1.75. The fourth-order valence-electron chi connectivity index (χ4n) is 0.939. The maximum Gasteiger partial charge on any atom is 0.196 e. The minimum Gasteiger partial charge on any atom is -0.675 e. The van der Waals surface area contributed by atoms with Gasteiger partial charge in [0, 0.05) is 0 Å². The Labute approximate surface area is 71.5 Å². The van der Waals surface area contributed by atoms with Crippen molar-refractivity contribution in [3.63, 3.8) is 0 Å². The lowest BCUT2D eigenvalue weighted by Crippen LogP contribution is -2.26. The molecule has 0 aliphatic carbocycles. The van der Waals surface area contributed by atoms with Crippen molar-refractivity contribution in [1.82, 2.24) is 0 Å². The maximum absolute atomic E-state index is 5.59. The largest absolute Gasteiger partial charge is 0.675 e. The van der Waals surface area contributed by atoms with Crippen LogP contribution in [0.25, 0.3) is 0 Å². The molecule has 0 saturated heterocycles. The molecule has 0 N–H and O–H groups in total. The molecule has 0 amide bonds. The zero-order valence-electron chi connectivity index (χ0n) is 5.71. The lowest BCUT2D eigenvalue weighted by Gasteiger charge is -2.17. The van der Waals surface area contributed by atoms with Gasteiger partial charge in [-0.05, 0) is 17.6 Å². The monoisotopic (exact) mass is 185 g/mol. The van der Waals surface area contributed by atoms with Crippen molar-refractivity contribution in [2.24, 2.45) is 0 Å². The van der Waals surface area contributed by atoms with E-state index in [-0.39, 0.29) is 0 Å². The van der Waals surface area contributed by atoms with E-state index in [0.29, 0.717) is 5.50 Å². The molecule has 0 spiro atoms. The zero-order valence-corrected chi connectivity index (χ0v) is 7.47. The Bertz CT molecular complexity index is 241. The molecule has 11 heavy (non-hydrogen) atoms. The molecule has 4 heteroatoms. The maximum atomic E-state index is 5.59. The predicted molar refractivity (Wildman–Crippen MR) is 44.2 cm³/mol. The predicted octanol–water partition coefficient (Wildman–Crippen LogP) is 1.72. The van der Waals surface area contributed by atoms with Crippen LogP contribution in [0.2, 0.25) is 0 Å². The number of hydrogen-bond donors (Lipinski definition) is 0. The Balaban J connectivity index is 2.27. The van der Waals surface area contributed by atoms with Gasteiger partial charge in [-0.2, -0.15) is 11.6 Å². The molecule has 1 aromatic carbocycles. The average Bonchev–Trinajstić information content (AvgIpc) is 2.46. The minimum atomic E-state index is -1.24. The van der Waals surface area contributed by atoms with Crippen molar-refractivity contribution >= 4 is 20.9 Å². The first kappa shape index (κ1) is 7.00. The Morgan fingerprint density at radius 2 is 1.73 bits per heavy atom. The van der Waals surface area contributed by atoms with Crippen molar-refractivity contribution in [3.05, 3.63) is 24.3 Å². The molecule has 58 valence electrons. The summed E-state index contributed by atoms with van der Waals surface area (Å²) in [6.07, 6.45) is 0. The Hall–Kier alpha value is -0.673. The second-order valence-electron chi connectivity index (χ2n) is 2.16. The van der Waals surface area contributed by atoms with E-state index in [0.717, 1.165) is 11.5 Å². The van der Waals surface area contributed by atoms with E-state index in [1.54, 1.807) is 0 Å². The second-order valence-corrected chi connectivity index (χ2v) is 4.38. The summed E-state index contributed by atoms with van der Waals surface area (Å²) in [4.78, 5) is 0. The first-order valence-electron chi connectivity index (χ1n) is 3.26. The normalized spacial score (nSPS) is 15.4. The molecule has 0 unspecified atom stereocenters. The van der Waals surface area contributed by atoms with Gasteiger partial charge in [-0.1, -0.05) is 12.1 Å². The highest BCUT2D eigenvalue weighted by Crippen LogP contribution is 2.32. The number of rotatable bonds is 1. The molecule has 0 aromatic heterocycles. The third-order valence-electron chi connectivity index (χ3n) is 1.41. The van der Waals surface area contributed by atoms with Gasteiger partial charge in [-0.15, -0.1) is 0 Å². The van der Waals surface area contributed by atoms with Crippen LogP contribution in [0.4, 0.5) is 0 Å². The summed E-state index contributed by atoms with van der Waals surface area (Å²) in [6, 6.07) is 7.61.